The lowest BCUT2D eigenvalue weighted by Gasteiger charge is -1.86. The minimum absolute atomic E-state index is 0.250. The number of rotatable bonds is 2. The maximum Gasteiger partial charge on any atom is 0.0437 e. The van der Waals surface area contributed by atoms with Gasteiger partial charge < -0.3 is 20.1 Å². The zero-order valence-corrected chi connectivity index (χ0v) is 10.3. The van der Waals surface area contributed by atoms with Gasteiger partial charge in [-0.05, 0) is 34.6 Å². The first-order valence-electron chi connectivity index (χ1n) is 5.06. The highest BCUT2D eigenvalue weighted by Crippen LogP contribution is 1.64. The molecule has 0 saturated carbocycles. The van der Waals surface area contributed by atoms with E-state index >= 15 is 0 Å². The number of aliphatic hydroxyl groups excluding tert-OH is 3. The lowest BCUT2D eigenvalue weighted by atomic mass is 10.8. The summed E-state index contributed by atoms with van der Waals surface area (Å²) in [5.74, 6) is 0. The SMILES string of the molecule is CCO.CCO.CCO.CCOCC. The topological polar surface area (TPSA) is 69.9 Å². The van der Waals surface area contributed by atoms with E-state index in [0.717, 1.165) is 13.2 Å². The number of aliphatic hydroxyl groups is 3. The lowest BCUT2D eigenvalue weighted by molar-refractivity contribution is 0.162. The molecule has 0 saturated heterocycles. The van der Waals surface area contributed by atoms with Crippen LogP contribution < -0.4 is 0 Å². The van der Waals surface area contributed by atoms with Gasteiger partial charge in [-0.2, -0.15) is 0 Å². The van der Waals surface area contributed by atoms with Crippen molar-refractivity contribution >= 4 is 0 Å². The van der Waals surface area contributed by atoms with Gasteiger partial charge in [-0.1, -0.05) is 0 Å². The van der Waals surface area contributed by atoms with Crippen molar-refractivity contribution < 1.29 is 20.1 Å². The summed E-state index contributed by atoms with van der Waals surface area (Å²) in [5, 5.41) is 22.7. The van der Waals surface area contributed by atoms with Gasteiger partial charge in [-0.25, -0.2) is 0 Å². The Morgan fingerprint density at radius 2 is 0.786 bits per heavy atom. The highest BCUT2D eigenvalue weighted by molar-refractivity contribution is 4.07. The maximum absolute atomic E-state index is 7.57. The van der Waals surface area contributed by atoms with Gasteiger partial charge in [-0.3, -0.25) is 0 Å². The van der Waals surface area contributed by atoms with E-state index < -0.39 is 0 Å². The molecule has 0 fully saturated rings. The lowest BCUT2D eigenvalue weighted by Crippen LogP contribution is -1.84. The molecule has 0 aliphatic carbocycles. The highest BCUT2D eigenvalue weighted by Gasteiger charge is 1.64. The average Bonchev–Trinajstić information content (AvgIpc) is 2.09. The molecule has 14 heavy (non-hydrogen) atoms. The Bertz CT molecular complexity index is 36.3. The van der Waals surface area contributed by atoms with Crippen LogP contribution in [0.4, 0.5) is 0 Å². The molecular weight excluding hydrogens is 184 g/mol. The van der Waals surface area contributed by atoms with Gasteiger partial charge in [0, 0.05) is 33.0 Å². The molecule has 0 aliphatic heterocycles. The zero-order chi connectivity index (χ0) is 12.2. The molecule has 4 heteroatoms. The number of hydrogen-bond donors (Lipinski definition) is 3. The first kappa shape index (κ1) is 23.6. The summed E-state index contributed by atoms with van der Waals surface area (Å²) in [6, 6.07) is 0. The summed E-state index contributed by atoms with van der Waals surface area (Å²) in [6.07, 6.45) is 0. The molecule has 0 bridgehead atoms. The Hall–Kier alpha value is -0.160. The van der Waals surface area contributed by atoms with E-state index in [9.17, 15) is 0 Å². The Morgan fingerprint density at radius 3 is 0.786 bits per heavy atom. The molecule has 0 aromatic carbocycles. The molecule has 0 aliphatic rings. The van der Waals surface area contributed by atoms with Crippen molar-refractivity contribution in [2.45, 2.75) is 34.6 Å². The molecule has 0 atom stereocenters. The molecule has 3 N–H and O–H groups in total. The van der Waals surface area contributed by atoms with E-state index in [1.54, 1.807) is 20.8 Å². The van der Waals surface area contributed by atoms with Crippen LogP contribution in [0.5, 0.6) is 0 Å². The largest absolute Gasteiger partial charge is 0.397 e. The van der Waals surface area contributed by atoms with E-state index in [1.165, 1.54) is 0 Å². The van der Waals surface area contributed by atoms with Crippen molar-refractivity contribution in [2.24, 2.45) is 0 Å². The maximum atomic E-state index is 7.57. The molecule has 0 aromatic heterocycles. The van der Waals surface area contributed by atoms with Crippen LogP contribution in [0.3, 0.4) is 0 Å². The van der Waals surface area contributed by atoms with Crippen LogP contribution in [0.2, 0.25) is 0 Å². The van der Waals surface area contributed by atoms with Crippen molar-refractivity contribution in [2.75, 3.05) is 33.0 Å². The molecule has 4 nitrogen and oxygen atoms in total. The van der Waals surface area contributed by atoms with Gasteiger partial charge in [0.05, 0.1) is 0 Å². The summed E-state index contributed by atoms with van der Waals surface area (Å²) in [7, 11) is 0. The van der Waals surface area contributed by atoms with Crippen LogP contribution in [0.15, 0.2) is 0 Å². The summed E-state index contributed by atoms with van der Waals surface area (Å²) < 4.78 is 4.83. The van der Waals surface area contributed by atoms with Gasteiger partial charge in [0.2, 0.25) is 0 Å². The molecule has 0 radical (unpaired) electrons. The first-order chi connectivity index (χ1) is 6.66. The van der Waals surface area contributed by atoms with Gasteiger partial charge in [0.25, 0.3) is 0 Å². The van der Waals surface area contributed by atoms with Gasteiger partial charge in [-0.15, -0.1) is 0 Å². The van der Waals surface area contributed by atoms with Crippen molar-refractivity contribution in [3.8, 4) is 0 Å². The molecular formula is C10H28O4. The third kappa shape index (κ3) is 411. The Kier molecular flexibility index (Phi) is 88.8. The fourth-order valence-corrected chi connectivity index (χ4v) is 0.204. The second-order valence-corrected chi connectivity index (χ2v) is 1.73. The van der Waals surface area contributed by atoms with Gasteiger partial charge in [0.1, 0.15) is 0 Å². The molecule has 0 unspecified atom stereocenters. The molecule has 0 rings (SSSR count). The molecule has 0 amide bonds. The molecule has 0 heterocycles. The van der Waals surface area contributed by atoms with E-state index in [4.69, 9.17) is 20.1 Å². The molecule has 92 valence electrons. The van der Waals surface area contributed by atoms with Crippen molar-refractivity contribution in [1.29, 1.82) is 0 Å². The third-order valence-electron chi connectivity index (χ3n) is 0.408. The van der Waals surface area contributed by atoms with Gasteiger partial charge in [0.15, 0.2) is 0 Å². The minimum Gasteiger partial charge on any atom is -0.397 e. The predicted molar refractivity (Wildman–Crippen MR) is 60.4 cm³/mol. The van der Waals surface area contributed by atoms with Crippen molar-refractivity contribution in [3.63, 3.8) is 0 Å². The van der Waals surface area contributed by atoms with Crippen LogP contribution in [-0.2, 0) is 4.74 Å². The first-order valence-corrected chi connectivity index (χ1v) is 5.06. The van der Waals surface area contributed by atoms with Crippen molar-refractivity contribution in [3.05, 3.63) is 0 Å². The highest BCUT2D eigenvalue weighted by atomic mass is 16.5. The van der Waals surface area contributed by atoms with E-state index in [2.05, 4.69) is 0 Å². The van der Waals surface area contributed by atoms with Crippen LogP contribution in [0, 0.1) is 0 Å². The third-order valence-corrected chi connectivity index (χ3v) is 0.408. The summed E-state index contributed by atoms with van der Waals surface area (Å²) in [6.45, 7) is 11.5. The summed E-state index contributed by atoms with van der Waals surface area (Å²) in [4.78, 5) is 0. The van der Waals surface area contributed by atoms with E-state index in [-0.39, 0.29) is 19.8 Å². The molecule has 0 spiro atoms. The Labute approximate surface area is 88.5 Å². The minimum atomic E-state index is 0.250. The summed E-state index contributed by atoms with van der Waals surface area (Å²) in [5.41, 5.74) is 0. The second-order valence-electron chi connectivity index (χ2n) is 1.73. The van der Waals surface area contributed by atoms with E-state index in [0.29, 0.717) is 0 Å². The standard InChI is InChI=1S/C4H10O.3C2H6O/c1-3-5-4-2;3*1-2-3/h3-4H2,1-2H3;3*3H,2H2,1H3. The second kappa shape index (κ2) is 52.8. The molecule has 0 aromatic rings. The number of ether oxygens (including phenoxy) is 1. The number of hydrogen-bond acceptors (Lipinski definition) is 4. The quantitative estimate of drug-likeness (QED) is 0.639. The smallest absolute Gasteiger partial charge is 0.0437 e. The van der Waals surface area contributed by atoms with Crippen LogP contribution >= 0.6 is 0 Å². The Morgan fingerprint density at radius 1 is 0.643 bits per heavy atom. The van der Waals surface area contributed by atoms with Crippen molar-refractivity contribution in [1.82, 2.24) is 0 Å². The summed E-state index contributed by atoms with van der Waals surface area (Å²) >= 11 is 0. The fraction of sp³-hybridized carbons (Fsp3) is 1.00. The average molecular weight is 212 g/mol. The Balaban J connectivity index is -0.0000000495. The van der Waals surface area contributed by atoms with Crippen LogP contribution in [-0.4, -0.2) is 48.4 Å². The predicted octanol–water partition coefficient (Wildman–Crippen LogP) is 1.04. The van der Waals surface area contributed by atoms with E-state index in [1.807, 2.05) is 13.8 Å². The van der Waals surface area contributed by atoms with Crippen LogP contribution in [0.25, 0.3) is 0 Å². The van der Waals surface area contributed by atoms with Gasteiger partial charge >= 0.3 is 0 Å². The normalized spacial score (nSPS) is 6.86. The zero-order valence-electron chi connectivity index (χ0n) is 10.3. The monoisotopic (exact) mass is 212 g/mol. The fourth-order valence-electron chi connectivity index (χ4n) is 0.204. The van der Waals surface area contributed by atoms with Crippen LogP contribution in [0.1, 0.15) is 34.6 Å².